The van der Waals surface area contributed by atoms with Crippen molar-refractivity contribution in [2.24, 2.45) is 0 Å². The first-order chi connectivity index (χ1) is 23.2. The Morgan fingerprint density at radius 1 is 0.596 bits per heavy atom. The Labute approximate surface area is 270 Å². The average molecular weight is 605 g/mol. The fourth-order valence-corrected chi connectivity index (χ4v) is 8.32. The number of para-hydroxylation sites is 4. The number of hydrogen-bond acceptors (Lipinski definition) is 2. The SMILES string of the molecule is Cc1cc2c(c3c1oc1ccc(-n4c5ccccc5c5ccccc54)cc13)OC1C=CC(n3c4ccccc4c4ccccc43)=CC21. The number of benzene rings is 6. The van der Waals surface area contributed by atoms with Gasteiger partial charge in [0.2, 0.25) is 0 Å². The molecule has 0 amide bonds. The van der Waals surface area contributed by atoms with Crippen LogP contribution >= 0.6 is 0 Å². The molecule has 2 atom stereocenters. The molecule has 0 saturated carbocycles. The van der Waals surface area contributed by atoms with E-state index in [-0.39, 0.29) is 12.0 Å². The maximum Gasteiger partial charge on any atom is 0.142 e. The summed E-state index contributed by atoms with van der Waals surface area (Å²) in [6.07, 6.45) is 6.78. The minimum absolute atomic E-state index is 0.0719. The smallest absolute Gasteiger partial charge is 0.142 e. The van der Waals surface area contributed by atoms with Gasteiger partial charge in [-0.25, -0.2) is 0 Å². The molecule has 0 bridgehead atoms. The minimum Gasteiger partial charge on any atom is -0.484 e. The van der Waals surface area contributed by atoms with E-state index in [9.17, 15) is 0 Å². The molecular weight excluding hydrogens is 576 g/mol. The summed E-state index contributed by atoms with van der Waals surface area (Å²) < 4.78 is 18.2. The number of ether oxygens (including phenoxy) is 1. The van der Waals surface area contributed by atoms with E-state index in [1.165, 1.54) is 54.9 Å². The number of nitrogens with zero attached hydrogens (tertiary/aromatic N) is 2. The number of allylic oxidation sites excluding steroid dienone is 2. The molecule has 4 heterocycles. The van der Waals surface area contributed by atoms with Crippen molar-refractivity contribution in [2.45, 2.75) is 18.9 Å². The van der Waals surface area contributed by atoms with Crippen LogP contribution in [0.3, 0.4) is 0 Å². The highest BCUT2D eigenvalue weighted by molar-refractivity contribution is 6.13. The van der Waals surface area contributed by atoms with Crippen LogP contribution in [0, 0.1) is 6.92 Å². The van der Waals surface area contributed by atoms with E-state index in [2.05, 4.69) is 156 Å². The summed E-state index contributed by atoms with van der Waals surface area (Å²) in [7, 11) is 0. The lowest BCUT2D eigenvalue weighted by atomic mass is 9.89. The Bertz CT molecular complexity index is 2750. The zero-order valence-corrected chi connectivity index (χ0v) is 25.6. The van der Waals surface area contributed by atoms with Gasteiger partial charge in [0.15, 0.2) is 0 Å². The molecule has 4 heteroatoms. The number of fused-ring (bicyclic) bond motifs is 13. The number of furan rings is 1. The normalized spacial score (nSPS) is 17.3. The fraction of sp³-hybridized carbons (Fsp3) is 0.0698. The van der Waals surface area contributed by atoms with Gasteiger partial charge in [-0.1, -0.05) is 72.8 Å². The molecule has 47 heavy (non-hydrogen) atoms. The van der Waals surface area contributed by atoms with Crippen molar-refractivity contribution in [3.05, 3.63) is 151 Å². The van der Waals surface area contributed by atoms with Gasteiger partial charge in [0.05, 0.1) is 27.5 Å². The summed E-state index contributed by atoms with van der Waals surface area (Å²) in [6.45, 7) is 2.16. The molecule has 0 saturated heterocycles. The number of hydrogen-bond donors (Lipinski definition) is 0. The summed E-state index contributed by atoms with van der Waals surface area (Å²) in [6, 6.07) is 43.5. The van der Waals surface area contributed by atoms with E-state index < -0.39 is 0 Å². The van der Waals surface area contributed by atoms with Crippen LogP contribution in [0.25, 0.3) is 76.9 Å². The monoisotopic (exact) mass is 604 g/mol. The Morgan fingerprint density at radius 2 is 1.17 bits per heavy atom. The molecule has 222 valence electrons. The van der Waals surface area contributed by atoms with Crippen LogP contribution < -0.4 is 4.74 Å². The quantitative estimate of drug-likeness (QED) is 0.197. The van der Waals surface area contributed by atoms with Gasteiger partial charge in [-0.05, 0) is 79.2 Å². The largest absolute Gasteiger partial charge is 0.484 e. The van der Waals surface area contributed by atoms with Crippen LogP contribution in [0.15, 0.2) is 144 Å². The zero-order valence-electron chi connectivity index (χ0n) is 25.6. The molecule has 0 fully saturated rings. The first-order valence-electron chi connectivity index (χ1n) is 16.3. The van der Waals surface area contributed by atoms with Crippen molar-refractivity contribution in [1.29, 1.82) is 0 Å². The molecule has 0 spiro atoms. The number of aryl methyl sites for hydroxylation is 1. The summed E-state index contributed by atoms with van der Waals surface area (Å²) >= 11 is 0. The molecule has 0 N–H and O–H groups in total. The van der Waals surface area contributed by atoms with Crippen molar-refractivity contribution in [2.75, 3.05) is 0 Å². The van der Waals surface area contributed by atoms with Gasteiger partial charge in [0.1, 0.15) is 23.0 Å². The van der Waals surface area contributed by atoms with E-state index in [0.29, 0.717) is 0 Å². The predicted octanol–water partition coefficient (Wildman–Crippen LogP) is 11.1. The summed E-state index contributed by atoms with van der Waals surface area (Å²) in [4.78, 5) is 0. The highest BCUT2D eigenvalue weighted by Crippen LogP contribution is 2.51. The number of rotatable bonds is 2. The molecule has 11 rings (SSSR count). The van der Waals surface area contributed by atoms with Crippen LogP contribution in [-0.4, -0.2) is 15.2 Å². The highest BCUT2D eigenvalue weighted by atomic mass is 16.5. The van der Waals surface area contributed by atoms with E-state index >= 15 is 0 Å². The van der Waals surface area contributed by atoms with Gasteiger partial charge < -0.3 is 18.3 Å². The first kappa shape index (κ1) is 25.2. The van der Waals surface area contributed by atoms with Crippen molar-refractivity contribution >= 4 is 71.2 Å². The van der Waals surface area contributed by atoms with Crippen molar-refractivity contribution in [3.63, 3.8) is 0 Å². The van der Waals surface area contributed by atoms with Crippen LogP contribution in [0.2, 0.25) is 0 Å². The van der Waals surface area contributed by atoms with Gasteiger partial charge >= 0.3 is 0 Å². The van der Waals surface area contributed by atoms with E-state index in [4.69, 9.17) is 9.15 Å². The van der Waals surface area contributed by atoms with Gasteiger partial charge in [0.25, 0.3) is 0 Å². The van der Waals surface area contributed by atoms with Gasteiger partial charge in [-0.3, -0.25) is 0 Å². The lowest BCUT2D eigenvalue weighted by Crippen LogP contribution is -2.18. The third-order valence-electron chi connectivity index (χ3n) is 10.3. The summed E-state index contributed by atoms with van der Waals surface area (Å²) in [5.74, 6) is 1.03. The zero-order chi connectivity index (χ0) is 30.8. The molecule has 1 aliphatic carbocycles. The predicted molar refractivity (Wildman–Crippen MR) is 193 cm³/mol. The summed E-state index contributed by atoms with van der Waals surface area (Å²) in [5, 5.41) is 7.18. The maximum absolute atomic E-state index is 6.85. The van der Waals surface area contributed by atoms with Gasteiger partial charge in [-0.2, -0.15) is 0 Å². The molecule has 0 radical (unpaired) electrons. The summed E-state index contributed by atoms with van der Waals surface area (Å²) in [5.41, 5.74) is 11.2. The maximum atomic E-state index is 6.85. The third-order valence-corrected chi connectivity index (χ3v) is 10.3. The van der Waals surface area contributed by atoms with E-state index in [0.717, 1.165) is 38.9 Å². The van der Waals surface area contributed by atoms with E-state index in [1.807, 2.05) is 0 Å². The Kier molecular flexibility index (Phi) is 4.86. The van der Waals surface area contributed by atoms with Crippen molar-refractivity contribution < 1.29 is 9.15 Å². The second kappa shape index (κ2) is 9.05. The average Bonchev–Trinajstić information content (AvgIpc) is 3.86. The van der Waals surface area contributed by atoms with Gasteiger partial charge in [0, 0.05) is 49.8 Å². The Morgan fingerprint density at radius 3 is 1.79 bits per heavy atom. The molecule has 2 unspecified atom stereocenters. The van der Waals surface area contributed by atoms with Gasteiger partial charge in [-0.15, -0.1) is 0 Å². The second-order valence-corrected chi connectivity index (χ2v) is 12.9. The first-order valence-corrected chi connectivity index (χ1v) is 16.3. The number of aromatic nitrogens is 2. The highest BCUT2D eigenvalue weighted by Gasteiger charge is 2.37. The lowest BCUT2D eigenvalue weighted by Gasteiger charge is -2.20. The molecule has 9 aromatic rings. The Hall–Kier alpha value is -6.00. The van der Waals surface area contributed by atoms with Crippen molar-refractivity contribution in [3.8, 4) is 11.4 Å². The second-order valence-electron chi connectivity index (χ2n) is 12.9. The van der Waals surface area contributed by atoms with Crippen LogP contribution in [0.4, 0.5) is 0 Å². The fourth-order valence-electron chi connectivity index (χ4n) is 8.32. The Balaban J connectivity index is 1.12. The third kappa shape index (κ3) is 3.31. The lowest BCUT2D eigenvalue weighted by molar-refractivity contribution is 0.271. The standard InChI is InChI=1S/C43H28N2O2/c1-25-22-33-32-23-26(44-35-14-6-2-10-28(35)29-11-3-7-15-36(29)44)18-20-39(32)47-43(33)41-34-24-27(19-21-40(34)46-42(25)41)45-37-16-8-4-12-30(37)31-13-5-9-17-38(31)45/h2-24,32,39H,1H3. The van der Waals surface area contributed by atoms with Crippen LogP contribution in [0.1, 0.15) is 17.0 Å². The molecule has 6 aromatic carbocycles. The van der Waals surface area contributed by atoms with Crippen LogP contribution in [-0.2, 0) is 0 Å². The molecular formula is C43H28N2O2. The van der Waals surface area contributed by atoms with Crippen molar-refractivity contribution in [1.82, 2.24) is 9.13 Å². The molecule has 1 aliphatic heterocycles. The molecule has 3 aromatic heterocycles. The molecule has 2 aliphatic rings. The topological polar surface area (TPSA) is 32.2 Å². The van der Waals surface area contributed by atoms with E-state index in [1.54, 1.807) is 0 Å². The van der Waals surface area contributed by atoms with Crippen LogP contribution in [0.5, 0.6) is 5.75 Å². The minimum atomic E-state index is -0.0719. The molecule has 4 nitrogen and oxygen atoms in total.